The molecule has 6 heteroatoms. The molecule has 0 aromatic carbocycles. The van der Waals surface area contributed by atoms with Gasteiger partial charge in [0, 0.05) is 12.3 Å². The normalized spacial score (nSPS) is 49.4. The van der Waals surface area contributed by atoms with E-state index in [0.717, 1.165) is 19.3 Å². The van der Waals surface area contributed by atoms with E-state index < -0.39 is 36.5 Å². The van der Waals surface area contributed by atoms with Gasteiger partial charge in [-0.1, -0.05) is 20.8 Å². The Balaban J connectivity index is 1.65. The van der Waals surface area contributed by atoms with Gasteiger partial charge in [0.15, 0.2) is 0 Å². The summed E-state index contributed by atoms with van der Waals surface area (Å²) in [6.45, 7) is 5.16. The quantitative estimate of drug-likeness (QED) is 0.614. The summed E-state index contributed by atoms with van der Waals surface area (Å²) in [5.41, 5.74) is -0.511. The fraction of sp³-hybridized carbons (Fsp3) is 0.958. The van der Waals surface area contributed by atoms with Crippen LogP contribution in [0.2, 0.25) is 0 Å². The zero-order valence-corrected chi connectivity index (χ0v) is 18.4. The van der Waals surface area contributed by atoms with Gasteiger partial charge in [-0.25, -0.2) is 8.78 Å². The third-order valence-electron chi connectivity index (χ3n) is 10.5. The van der Waals surface area contributed by atoms with Crippen LogP contribution >= 0.6 is 0 Å². The summed E-state index contributed by atoms with van der Waals surface area (Å²) in [6.07, 6.45) is 4.32. The molecule has 0 radical (unpaired) electrons. The minimum Gasteiger partial charge on any atom is -0.481 e. The van der Waals surface area contributed by atoms with Gasteiger partial charge in [-0.2, -0.15) is 0 Å². The van der Waals surface area contributed by atoms with Crippen LogP contribution < -0.4 is 0 Å². The lowest BCUT2D eigenvalue weighted by molar-refractivity contribution is -0.238. The Bertz CT molecular complexity index is 685. The highest BCUT2D eigenvalue weighted by molar-refractivity contribution is 5.70. The minimum absolute atomic E-state index is 0.0326. The van der Waals surface area contributed by atoms with Crippen molar-refractivity contribution in [3.05, 3.63) is 0 Å². The van der Waals surface area contributed by atoms with E-state index in [2.05, 4.69) is 13.8 Å². The molecule has 4 saturated carbocycles. The van der Waals surface area contributed by atoms with Crippen molar-refractivity contribution >= 4 is 5.97 Å². The standard InChI is InChI=1S/C24H37F3O3/c1-13(16(12-25)21(29)30)17-4-5-18-20-19(7-9-23(17,18)3)22(2)8-6-15(28)10-14(22)11-24(20,26)27/h13-20,28H,4-12H2,1-3H3,(H,29,30)/t13-,14+,15-,16-,17-,18?,19?,20?,22+,23-/m1/s1. The van der Waals surface area contributed by atoms with Crippen LogP contribution in [0.5, 0.6) is 0 Å². The van der Waals surface area contributed by atoms with Gasteiger partial charge >= 0.3 is 5.97 Å². The smallest absolute Gasteiger partial charge is 0.309 e. The van der Waals surface area contributed by atoms with Crippen LogP contribution in [-0.4, -0.2) is 34.9 Å². The molecule has 3 nitrogen and oxygen atoms in total. The third kappa shape index (κ3) is 3.14. The highest BCUT2D eigenvalue weighted by Crippen LogP contribution is 2.71. The molecule has 0 amide bonds. The Morgan fingerprint density at radius 1 is 1.07 bits per heavy atom. The van der Waals surface area contributed by atoms with Crippen LogP contribution in [0.25, 0.3) is 0 Å². The number of aliphatic carboxylic acids is 1. The Hall–Kier alpha value is -0.780. The Labute approximate surface area is 177 Å². The lowest BCUT2D eigenvalue weighted by Crippen LogP contribution is -2.61. The number of halogens is 3. The van der Waals surface area contributed by atoms with Gasteiger partial charge in [-0.15, -0.1) is 0 Å². The van der Waals surface area contributed by atoms with Gasteiger partial charge in [0.25, 0.3) is 5.92 Å². The van der Waals surface area contributed by atoms with Crippen LogP contribution in [0, 0.1) is 52.3 Å². The number of carboxylic acids is 1. The number of carbonyl (C=O) groups is 1. The third-order valence-corrected chi connectivity index (χ3v) is 10.5. The highest BCUT2D eigenvalue weighted by Gasteiger charge is 2.68. The van der Waals surface area contributed by atoms with Gasteiger partial charge in [-0.05, 0) is 85.4 Å². The molecule has 4 aliphatic carbocycles. The minimum atomic E-state index is -2.76. The summed E-state index contributed by atoms with van der Waals surface area (Å²) in [7, 11) is 0. The molecule has 2 N–H and O–H groups in total. The van der Waals surface area contributed by atoms with Crippen LogP contribution in [0.3, 0.4) is 0 Å². The number of rotatable bonds is 4. The maximum atomic E-state index is 15.7. The van der Waals surface area contributed by atoms with E-state index in [-0.39, 0.29) is 46.8 Å². The van der Waals surface area contributed by atoms with Gasteiger partial charge in [0.05, 0.1) is 12.0 Å². The number of aliphatic hydroxyl groups excluding tert-OH is 1. The van der Waals surface area contributed by atoms with Crippen LogP contribution in [0.4, 0.5) is 13.2 Å². The van der Waals surface area contributed by atoms with Crippen molar-refractivity contribution < 1.29 is 28.2 Å². The molecule has 172 valence electrons. The maximum absolute atomic E-state index is 15.7. The SMILES string of the molecule is C[C@@H]([C@H]1CCC2C3C(CC[C@@]21C)[C@@]1(C)CC[C@@H](O)C[C@H]1CC3(F)F)[C@@H](CF)C(=O)O. The topological polar surface area (TPSA) is 57.5 Å². The number of aliphatic hydroxyl groups is 1. The number of hydrogen-bond acceptors (Lipinski definition) is 2. The summed E-state index contributed by atoms with van der Waals surface area (Å²) >= 11 is 0. The van der Waals surface area contributed by atoms with Crippen molar-refractivity contribution in [3.63, 3.8) is 0 Å². The first-order valence-electron chi connectivity index (χ1n) is 11.8. The van der Waals surface area contributed by atoms with E-state index in [1.807, 2.05) is 6.92 Å². The molecule has 0 aromatic heterocycles. The molecule has 0 bridgehead atoms. The van der Waals surface area contributed by atoms with Crippen molar-refractivity contribution in [2.24, 2.45) is 52.3 Å². The second-order valence-electron chi connectivity index (χ2n) is 11.5. The Morgan fingerprint density at radius 3 is 2.33 bits per heavy atom. The fourth-order valence-electron chi connectivity index (χ4n) is 8.75. The summed E-state index contributed by atoms with van der Waals surface area (Å²) in [5, 5.41) is 19.6. The Morgan fingerprint density at radius 2 is 1.70 bits per heavy atom. The molecular formula is C24H37F3O3. The molecule has 0 aromatic rings. The molecule has 0 spiro atoms. The van der Waals surface area contributed by atoms with Crippen LogP contribution in [-0.2, 0) is 4.79 Å². The van der Waals surface area contributed by atoms with E-state index in [9.17, 15) is 19.4 Å². The summed E-state index contributed by atoms with van der Waals surface area (Å²) < 4.78 is 44.8. The molecule has 4 rings (SSSR count). The number of hydrogen-bond donors (Lipinski definition) is 2. The summed E-state index contributed by atoms with van der Waals surface area (Å²) in [6, 6.07) is 0. The van der Waals surface area contributed by atoms with E-state index in [4.69, 9.17) is 0 Å². The summed E-state index contributed by atoms with van der Waals surface area (Å²) in [5.74, 6) is -6.34. The maximum Gasteiger partial charge on any atom is 0.309 e. The van der Waals surface area contributed by atoms with Crippen molar-refractivity contribution in [1.29, 1.82) is 0 Å². The first-order chi connectivity index (χ1) is 14.0. The van der Waals surface area contributed by atoms with Crippen molar-refractivity contribution in [2.75, 3.05) is 6.67 Å². The average molecular weight is 431 g/mol. The molecule has 0 heterocycles. The Kier molecular flexibility index (Phi) is 5.52. The van der Waals surface area contributed by atoms with E-state index in [1.165, 1.54) is 0 Å². The second-order valence-corrected chi connectivity index (χ2v) is 11.5. The number of fused-ring (bicyclic) bond motifs is 5. The molecule has 0 aliphatic heterocycles. The number of carboxylic acid groups (broad SMARTS) is 1. The molecule has 10 atom stereocenters. The predicted octanol–water partition coefficient (Wildman–Crippen LogP) is 5.56. The zero-order chi connectivity index (χ0) is 22.1. The lowest BCUT2D eigenvalue weighted by Gasteiger charge is -2.63. The van der Waals surface area contributed by atoms with Crippen molar-refractivity contribution in [3.8, 4) is 0 Å². The van der Waals surface area contributed by atoms with Crippen LogP contribution in [0.15, 0.2) is 0 Å². The van der Waals surface area contributed by atoms with Crippen molar-refractivity contribution in [2.45, 2.75) is 84.2 Å². The highest BCUT2D eigenvalue weighted by atomic mass is 19.3. The predicted molar refractivity (Wildman–Crippen MR) is 108 cm³/mol. The largest absolute Gasteiger partial charge is 0.481 e. The van der Waals surface area contributed by atoms with Gasteiger partial charge in [-0.3, -0.25) is 9.18 Å². The molecule has 30 heavy (non-hydrogen) atoms. The molecule has 0 saturated heterocycles. The molecular weight excluding hydrogens is 393 g/mol. The second kappa shape index (κ2) is 7.38. The molecule has 3 unspecified atom stereocenters. The zero-order valence-electron chi connectivity index (χ0n) is 18.4. The van der Waals surface area contributed by atoms with Crippen LogP contribution in [0.1, 0.15) is 72.1 Å². The number of alkyl halides is 3. The first-order valence-corrected chi connectivity index (χ1v) is 11.8. The molecule has 4 aliphatic rings. The van der Waals surface area contributed by atoms with E-state index in [0.29, 0.717) is 25.7 Å². The summed E-state index contributed by atoms with van der Waals surface area (Å²) in [4.78, 5) is 11.6. The molecule has 4 fully saturated rings. The fourth-order valence-corrected chi connectivity index (χ4v) is 8.75. The first kappa shape index (κ1) is 22.4. The van der Waals surface area contributed by atoms with Gasteiger partial charge < -0.3 is 10.2 Å². The van der Waals surface area contributed by atoms with E-state index in [1.54, 1.807) is 0 Å². The van der Waals surface area contributed by atoms with Gasteiger partial charge in [0.1, 0.15) is 6.67 Å². The lowest BCUT2D eigenvalue weighted by atomic mass is 9.43. The van der Waals surface area contributed by atoms with Crippen molar-refractivity contribution in [1.82, 2.24) is 0 Å². The van der Waals surface area contributed by atoms with E-state index >= 15 is 8.78 Å². The monoisotopic (exact) mass is 430 g/mol. The average Bonchev–Trinajstić information content (AvgIpc) is 3.00. The van der Waals surface area contributed by atoms with Gasteiger partial charge in [0.2, 0.25) is 0 Å².